The third-order valence-corrected chi connectivity index (χ3v) is 3.75. The van der Waals surface area contributed by atoms with Gasteiger partial charge in [0, 0.05) is 10.6 Å². The van der Waals surface area contributed by atoms with Gasteiger partial charge in [0.15, 0.2) is 11.6 Å². The van der Waals surface area contributed by atoms with Gasteiger partial charge in [0.05, 0.1) is 5.56 Å². The molecule has 21 heavy (non-hydrogen) atoms. The van der Waals surface area contributed by atoms with Crippen LogP contribution in [-0.4, -0.2) is 5.16 Å². The molecule has 0 saturated carbocycles. The van der Waals surface area contributed by atoms with Crippen LogP contribution in [0.3, 0.4) is 0 Å². The smallest absolute Gasteiger partial charge is 0.177 e. The number of anilines is 1. The summed E-state index contributed by atoms with van der Waals surface area (Å²) in [5.74, 6) is 1.09. The van der Waals surface area contributed by atoms with Crippen LogP contribution in [-0.2, 0) is 6.42 Å². The maximum Gasteiger partial charge on any atom is 0.177 e. The highest BCUT2D eigenvalue weighted by atomic mass is 35.5. The largest absolute Gasteiger partial charge is 0.380 e. The SMILES string of the molecule is CCc1ccccc1-c1onc(N)c1-c1ccc(Cl)cc1. The number of nitrogens with zero attached hydrogens (tertiary/aromatic N) is 1. The molecule has 0 unspecified atom stereocenters. The summed E-state index contributed by atoms with van der Waals surface area (Å²) in [7, 11) is 0. The van der Waals surface area contributed by atoms with Gasteiger partial charge in [0.1, 0.15) is 0 Å². The van der Waals surface area contributed by atoms with Gasteiger partial charge in [-0.1, -0.05) is 60.1 Å². The first-order valence-electron chi connectivity index (χ1n) is 6.80. The second-order valence-electron chi connectivity index (χ2n) is 4.79. The van der Waals surface area contributed by atoms with Crippen molar-refractivity contribution in [3.8, 4) is 22.5 Å². The van der Waals surface area contributed by atoms with Gasteiger partial charge in [0.25, 0.3) is 0 Å². The minimum Gasteiger partial charge on any atom is -0.380 e. The molecule has 1 heterocycles. The van der Waals surface area contributed by atoms with Crippen molar-refractivity contribution in [1.82, 2.24) is 5.16 Å². The van der Waals surface area contributed by atoms with E-state index in [2.05, 4.69) is 18.1 Å². The predicted molar refractivity (Wildman–Crippen MR) is 86.2 cm³/mol. The number of benzene rings is 2. The number of aromatic nitrogens is 1. The molecular weight excluding hydrogens is 284 g/mol. The van der Waals surface area contributed by atoms with Gasteiger partial charge in [-0.25, -0.2) is 0 Å². The second kappa shape index (κ2) is 5.62. The molecule has 0 bridgehead atoms. The van der Waals surface area contributed by atoms with Crippen molar-refractivity contribution >= 4 is 17.4 Å². The van der Waals surface area contributed by atoms with Gasteiger partial charge >= 0.3 is 0 Å². The van der Waals surface area contributed by atoms with Crippen molar-refractivity contribution in [3.05, 3.63) is 59.1 Å². The van der Waals surface area contributed by atoms with Crippen LogP contribution < -0.4 is 5.73 Å². The number of hydrogen-bond donors (Lipinski definition) is 1. The molecular formula is C17H15ClN2O. The summed E-state index contributed by atoms with van der Waals surface area (Å²) >= 11 is 5.95. The molecule has 0 amide bonds. The monoisotopic (exact) mass is 298 g/mol. The topological polar surface area (TPSA) is 52.0 Å². The molecule has 3 aromatic rings. The average Bonchev–Trinajstić information content (AvgIpc) is 2.90. The van der Waals surface area contributed by atoms with Crippen LogP contribution in [0.4, 0.5) is 5.82 Å². The van der Waals surface area contributed by atoms with Crippen LogP contribution in [0.2, 0.25) is 5.02 Å². The Hall–Kier alpha value is -2.26. The summed E-state index contributed by atoms with van der Waals surface area (Å²) < 4.78 is 5.50. The number of rotatable bonds is 3. The molecule has 0 fully saturated rings. The van der Waals surface area contributed by atoms with Crippen molar-refractivity contribution in [2.75, 3.05) is 5.73 Å². The van der Waals surface area contributed by atoms with Gasteiger partial charge < -0.3 is 10.3 Å². The summed E-state index contributed by atoms with van der Waals surface area (Å²) in [6.07, 6.45) is 0.914. The summed E-state index contributed by atoms with van der Waals surface area (Å²) in [5.41, 5.74) is 9.98. The Balaban J connectivity index is 2.19. The van der Waals surface area contributed by atoms with E-state index in [0.29, 0.717) is 16.6 Å². The van der Waals surface area contributed by atoms with E-state index in [1.165, 1.54) is 5.56 Å². The zero-order valence-electron chi connectivity index (χ0n) is 11.6. The number of aryl methyl sites for hydroxylation is 1. The zero-order chi connectivity index (χ0) is 14.8. The Kier molecular flexibility index (Phi) is 3.67. The molecule has 3 rings (SSSR count). The van der Waals surface area contributed by atoms with E-state index in [9.17, 15) is 0 Å². The molecule has 1 aromatic heterocycles. The van der Waals surface area contributed by atoms with Crippen molar-refractivity contribution in [3.63, 3.8) is 0 Å². The molecule has 106 valence electrons. The fourth-order valence-corrected chi connectivity index (χ4v) is 2.56. The van der Waals surface area contributed by atoms with E-state index in [0.717, 1.165) is 23.1 Å². The summed E-state index contributed by atoms with van der Waals surface area (Å²) in [6.45, 7) is 2.11. The van der Waals surface area contributed by atoms with Crippen molar-refractivity contribution in [2.45, 2.75) is 13.3 Å². The van der Waals surface area contributed by atoms with Crippen LogP contribution in [0.15, 0.2) is 53.1 Å². The molecule has 0 aliphatic heterocycles. The zero-order valence-corrected chi connectivity index (χ0v) is 12.4. The Bertz CT molecular complexity index is 763. The molecule has 0 radical (unpaired) electrons. The molecule has 0 aliphatic rings. The van der Waals surface area contributed by atoms with E-state index in [-0.39, 0.29) is 0 Å². The lowest BCUT2D eigenvalue weighted by molar-refractivity contribution is 0.436. The standard InChI is InChI=1S/C17H15ClN2O/c1-2-11-5-3-4-6-14(11)16-15(17(19)20-21-16)12-7-9-13(18)10-8-12/h3-10H,2H2,1H3,(H2,19,20). The van der Waals surface area contributed by atoms with Crippen molar-refractivity contribution < 1.29 is 4.52 Å². The minimum absolute atomic E-state index is 0.387. The van der Waals surface area contributed by atoms with Gasteiger partial charge in [-0.15, -0.1) is 0 Å². The normalized spacial score (nSPS) is 10.8. The number of hydrogen-bond acceptors (Lipinski definition) is 3. The molecule has 0 aliphatic carbocycles. The molecule has 0 atom stereocenters. The van der Waals surface area contributed by atoms with Crippen LogP contribution >= 0.6 is 11.6 Å². The Labute approximate surface area is 128 Å². The van der Waals surface area contributed by atoms with Crippen LogP contribution in [0, 0.1) is 0 Å². The fourth-order valence-electron chi connectivity index (χ4n) is 2.43. The van der Waals surface area contributed by atoms with E-state index in [1.807, 2.05) is 42.5 Å². The lowest BCUT2D eigenvalue weighted by Gasteiger charge is -2.07. The lowest BCUT2D eigenvalue weighted by Crippen LogP contribution is -1.91. The molecule has 4 heteroatoms. The minimum atomic E-state index is 0.387. The number of halogens is 1. The predicted octanol–water partition coefficient (Wildman–Crippen LogP) is 4.81. The van der Waals surface area contributed by atoms with E-state index in [1.54, 1.807) is 0 Å². The maximum absolute atomic E-state index is 6.00. The first-order valence-corrected chi connectivity index (χ1v) is 7.18. The third kappa shape index (κ3) is 2.52. The second-order valence-corrected chi connectivity index (χ2v) is 5.23. The average molecular weight is 299 g/mol. The van der Waals surface area contributed by atoms with Crippen LogP contribution in [0.1, 0.15) is 12.5 Å². The highest BCUT2D eigenvalue weighted by molar-refractivity contribution is 6.30. The summed E-state index contributed by atoms with van der Waals surface area (Å²) in [5, 5.41) is 4.62. The Morgan fingerprint density at radius 3 is 2.52 bits per heavy atom. The Morgan fingerprint density at radius 1 is 1.10 bits per heavy atom. The maximum atomic E-state index is 6.00. The van der Waals surface area contributed by atoms with Gasteiger partial charge in [-0.2, -0.15) is 0 Å². The Morgan fingerprint density at radius 2 is 1.81 bits per heavy atom. The van der Waals surface area contributed by atoms with Gasteiger partial charge in [0.2, 0.25) is 0 Å². The molecule has 3 nitrogen and oxygen atoms in total. The van der Waals surface area contributed by atoms with Crippen LogP contribution in [0.5, 0.6) is 0 Å². The van der Waals surface area contributed by atoms with E-state index in [4.69, 9.17) is 21.9 Å². The molecule has 2 N–H and O–H groups in total. The number of nitrogen functional groups attached to an aromatic ring is 1. The molecule has 0 saturated heterocycles. The first-order chi connectivity index (χ1) is 10.2. The van der Waals surface area contributed by atoms with E-state index < -0.39 is 0 Å². The molecule has 0 spiro atoms. The highest BCUT2D eigenvalue weighted by Crippen LogP contribution is 2.38. The van der Waals surface area contributed by atoms with Gasteiger partial charge in [-0.3, -0.25) is 0 Å². The summed E-state index contributed by atoms with van der Waals surface area (Å²) in [4.78, 5) is 0. The number of nitrogens with two attached hydrogens (primary N) is 1. The van der Waals surface area contributed by atoms with E-state index >= 15 is 0 Å². The van der Waals surface area contributed by atoms with Crippen molar-refractivity contribution in [1.29, 1.82) is 0 Å². The molecule has 2 aromatic carbocycles. The first kappa shape index (κ1) is 13.7. The quantitative estimate of drug-likeness (QED) is 0.755. The van der Waals surface area contributed by atoms with Crippen LogP contribution in [0.25, 0.3) is 22.5 Å². The third-order valence-electron chi connectivity index (χ3n) is 3.49. The highest BCUT2D eigenvalue weighted by Gasteiger charge is 2.19. The lowest BCUT2D eigenvalue weighted by atomic mass is 9.97. The van der Waals surface area contributed by atoms with Crippen molar-refractivity contribution in [2.24, 2.45) is 0 Å². The van der Waals surface area contributed by atoms with Gasteiger partial charge in [-0.05, 0) is 29.7 Å². The fraction of sp³-hybridized carbons (Fsp3) is 0.118. The summed E-state index contributed by atoms with van der Waals surface area (Å²) in [6, 6.07) is 15.6.